The zero-order valence-corrected chi connectivity index (χ0v) is 7.26. The van der Waals surface area contributed by atoms with Crippen molar-refractivity contribution in [2.75, 3.05) is 5.33 Å². The number of rotatable bonds is 3. The van der Waals surface area contributed by atoms with E-state index in [1.54, 1.807) is 0 Å². The van der Waals surface area contributed by atoms with Gasteiger partial charge < -0.3 is 10.1 Å². The Morgan fingerprint density at radius 1 is 1.82 bits per heavy atom. The molecule has 0 atom stereocenters. The first-order valence-corrected chi connectivity index (χ1v) is 4.14. The number of aliphatic hydroxyl groups excluding tert-OH is 1. The van der Waals surface area contributed by atoms with Gasteiger partial charge in [0.05, 0.1) is 11.5 Å². The molecule has 5 heteroatoms. The number of ketones is 1. The predicted octanol–water partition coefficient (Wildman–Crippen LogP) is 0.480. The van der Waals surface area contributed by atoms with Gasteiger partial charge in [-0.15, -0.1) is 0 Å². The lowest BCUT2D eigenvalue weighted by Gasteiger charge is -1.88. The van der Waals surface area contributed by atoms with Gasteiger partial charge in [0.2, 0.25) is 0 Å². The first kappa shape index (κ1) is 8.42. The van der Waals surface area contributed by atoms with Crippen LogP contribution in [0, 0.1) is 0 Å². The second kappa shape index (κ2) is 3.64. The molecule has 1 aromatic rings. The van der Waals surface area contributed by atoms with E-state index in [9.17, 15) is 4.79 Å². The van der Waals surface area contributed by atoms with Crippen molar-refractivity contribution in [3.63, 3.8) is 0 Å². The Kier molecular flexibility index (Phi) is 2.78. The number of aromatic amines is 1. The number of aliphatic hydroxyl groups is 1. The van der Waals surface area contributed by atoms with Gasteiger partial charge in [0.1, 0.15) is 18.1 Å². The number of halogens is 1. The molecule has 1 rings (SSSR count). The molecule has 0 aliphatic rings. The van der Waals surface area contributed by atoms with Crippen LogP contribution in [0.1, 0.15) is 16.3 Å². The molecule has 0 spiro atoms. The minimum absolute atomic E-state index is 0.0720. The van der Waals surface area contributed by atoms with Crippen LogP contribution in [0.2, 0.25) is 0 Å². The lowest BCUT2D eigenvalue weighted by molar-refractivity contribution is 0.101. The van der Waals surface area contributed by atoms with E-state index < -0.39 is 0 Å². The van der Waals surface area contributed by atoms with E-state index in [2.05, 4.69) is 25.9 Å². The molecule has 4 nitrogen and oxygen atoms in total. The highest BCUT2D eigenvalue weighted by Gasteiger charge is 2.06. The van der Waals surface area contributed by atoms with Crippen molar-refractivity contribution in [1.82, 2.24) is 9.97 Å². The molecule has 1 heterocycles. The predicted molar refractivity (Wildman–Crippen MR) is 42.6 cm³/mol. The van der Waals surface area contributed by atoms with Crippen molar-refractivity contribution in [1.29, 1.82) is 0 Å². The summed E-state index contributed by atoms with van der Waals surface area (Å²) < 4.78 is 0. The van der Waals surface area contributed by atoms with Gasteiger partial charge in [0.15, 0.2) is 5.78 Å². The smallest absolute Gasteiger partial charge is 0.191 e. The van der Waals surface area contributed by atoms with Crippen molar-refractivity contribution in [2.24, 2.45) is 0 Å². The van der Waals surface area contributed by atoms with Gasteiger partial charge in [-0.25, -0.2) is 4.98 Å². The van der Waals surface area contributed by atoms with E-state index in [1.807, 2.05) is 0 Å². The number of nitrogens with one attached hydrogen (secondary N) is 1. The molecule has 60 valence electrons. The number of hydrogen-bond acceptors (Lipinski definition) is 3. The van der Waals surface area contributed by atoms with Gasteiger partial charge in [-0.1, -0.05) is 15.9 Å². The molecule has 0 amide bonds. The Morgan fingerprint density at radius 3 is 3.00 bits per heavy atom. The van der Waals surface area contributed by atoms with Crippen LogP contribution in [0.4, 0.5) is 0 Å². The largest absolute Gasteiger partial charge is 0.388 e. The first-order chi connectivity index (χ1) is 5.27. The van der Waals surface area contributed by atoms with Crippen LogP contribution in [0.25, 0.3) is 0 Å². The Bertz CT molecular complexity index is 259. The molecule has 0 saturated carbocycles. The average Bonchev–Trinajstić information content (AvgIpc) is 2.50. The van der Waals surface area contributed by atoms with Crippen molar-refractivity contribution in [2.45, 2.75) is 6.61 Å². The molecule has 0 aliphatic heterocycles. The second-order valence-corrected chi connectivity index (χ2v) is 2.52. The number of Topliss-reactive ketones (excluding diaryl/α,β-unsaturated/α-hetero) is 1. The number of alkyl halides is 1. The van der Waals surface area contributed by atoms with Crippen molar-refractivity contribution < 1.29 is 9.90 Å². The Labute approximate surface area is 71.8 Å². The Balaban J connectivity index is 2.80. The summed E-state index contributed by atoms with van der Waals surface area (Å²) >= 11 is 3.02. The summed E-state index contributed by atoms with van der Waals surface area (Å²) in [4.78, 5) is 17.4. The quantitative estimate of drug-likeness (QED) is 0.573. The minimum atomic E-state index is -0.171. The van der Waals surface area contributed by atoms with Crippen LogP contribution < -0.4 is 0 Å². The fraction of sp³-hybridized carbons (Fsp3) is 0.333. The van der Waals surface area contributed by atoms with Crippen LogP contribution in [0.3, 0.4) is 0 Å². The molecule has 2 N–H and O–H groups in total. The third-order valence-electron chi connectivity index (χ3n) is 1.20. The average molecular weight is 219 g/mol. The summed E-state index contributed by atoms with van der Waals surface area (Å²) in [6, 6.07) is 0. The van der Waals surface area contributed by atoms with Gasteiger partial charge in [-0.05, 0) is 0 Å². The maximum atomic E-state index is 10.9. The molecule has 0 bridgehead atoms. The van der Waals surface area contributed by atoms with E-state index in [0.717, 1.165) is 0 Å². The highest BCUT2D eigenvalue weighted by Crippen LogP contribution is 1.99. The molecule has 0 fully saturated rings. The minimum Gasteiger partial charge on any atom is -0.388 e. The van der Waals surface area contributed by atoms with Crippen molar-refractivity contribution >= 4 is 21.7 Å². The standard InChI is InChI=1S/C6H7BrN2O2/c7-1-5(11)4-2-8-6(3-10)9-4/h2,10H,1,3H2,(H,8,9). The Hall–Kier alpha value is -0.680. The zero-order chi connectivity index (χ0) is 8.27. The highest BCUT2D eigenvalue weighted by atomic mass is 79.9. The zero-order valence-electron chi connectivity index (χ0n) is 5.67. The molecule has 0 aromatic carbocycles. The SMILES string of the molecule is O=C(CBr)c1cnc(CO)[nH]1. The van der Waals surface area contributed by atoms with E-state index >= 15 is 0 Å². The third kappa shape index (κ3) is 1.87. The van der Waals surface area contributed by atoms with E-state index in [1.165, 1.54) is 6.20 Å². The first-order valence-electron chi connectivity index (χ1n) is 3.02. The van der Waals surface area contributed by atoms with Gasteiger partial charge in [0.25, 0.3) is 0 Å². The van der Waals surface area contributed by atoms with E-state index in [4.69, 9.17) is 5.11 Å². The summed E-state index contributed by atoms with van der Waals surface area (Å²) in [7, 11) is 0. The van der Waals surface area contributed by atoms with Gasteiger partial charge in [-0.2, -0.15) is 0 Å². The normalized spacial score (nSPS) is 10.0. The van der Waals surface area contributed by atoms with Crippen LogP contribution in [-0.2, 0) is 6.61 Å². The second-order valence-electron chi connectivity index (χ2n) is 1.96. The van der Waals surface area contributed by atoms with Crippen molar-refractivity contribution in [3.05, 3.63) is 17.7 Å². The molecular formula is C6H7BrN2O2. The number of carbonyl (C=O) groups is 1. The summed E-state index contributed by atoms with van der Waals surface area (Å²) in [6.45, 7) is -0.171. The third-order valence-corrected chi connectivity index (χ3v) is 1.71. The lowest BCUT2D eigenvalue weighted by Crippen LogP contribution is -2.00. The molecule has 11 heavy (non-hydrogen) atoms. The van der Waals surface area contributed by atoms with Gasteiger partial charge in [-0.3, -0.25) is 4.79 Å². The molecule has 1 aromatic heterocycles. The van der Waals surface area contributed by atoms with Crippen LogP contribution >= 0.6 is 15.9 Å². The maximum absolute atomic E-state index is 10.9. The molecular weight excluding hydrogens is 212 g/mol. The van der Waals surface area contributed by atoms with Crippen LogP contribution in [0.15, 0.2) is 6.20 Å². The fourth-order valence-electron chi connectivity index (χ4n) is 0.657. The summed E-state index contributed by atoms with van der Waals surface area (Å²) in [5.74, 6) is 0.339. The molecule has 0 saturated heterocycles. The molecule has 0 aliphatic carbocycles. The highest BCUT2D eigenvalue weighted by molar-refractivity contribution is 9.09. The molecule has 0 radical (unpaired) electrons. The number of aromatic nitrogens is 2. The maximum Gasteiger partial charge on any atom is 0.191 e. The van der Waals surface area contributed by atoms with E-state index in [-0.39, 0.29) is 17.7 Å². The van der Waals surface area contributed by atoms with Crippen LogP contribution in [-0.4, -0.2) is 26.2 Å². The number of nitrogens with zero attached hydrogens (tertiary/aromatic N) is 1. The summed E-state index contributed by atoms with van der Waals surface area (Å²) in [5.41, 5.74) is 0.422. The van der Waals surface area contributed by atoms with Gasteiger partial charge >= 0.3 is 0 Å². The summed E-state index contributed by atoms with van der Waals surface area (Å²) in [5, 5.41) is 8.85. The lowest BCUT2D eigenvalue weighted by atomic mass is 10.3. The number of hydrogen-bond donors (Lipinski definition) is 2. The number of H-pyrrole nitrogens is 1. The monoisotopic (exact) mass is 218 g/mol. The van der Waals surface area contributed by atoms with Gasteiger partial charge in [0, 0.05) is 0 Å². The van der Waals surface area contributed by atoms with Crippen molar-refractivity contribution in [3.8, 4) is 0 Å². The number of carbonyl (C=O) groups excluding carboxylic acids is 1. The Morgan fingerprint density at radius 2 is 2.55 bits per heavy atom. The molecule has 0 unspecified atom stereocenters. The summed E-state index contributed by atoms with van der Waals surface area (Å²) in [6.07, 6.45) is 1.41. The number of imidazole rings is 1. The van der Waals surface area contributed by atoms with Crippen LogP contribution in [0.5, 0.6) is 0 Å². The van der Waals surface area contributed by atoms with E-state index in [0.29, 0.717) is 11.5 Å². The fourth-order valence-corrected chi connectivity index (χ4v) is 0.959. The topological polar surface area (TPSA) is 66.0 Å².